The van der Waals surface area contributed by atoms with Gasteiger partial charge < -0.3 is 15.9 Å². The van der Waals surface area contributed by atoms with Crippen LogP contribution in [-0.2, 0) is 4.79 Å². The van der Waals surface area contributed by atoms with Gasteiger partial charge in [0.25, 0.3) is 0 Å². The Morgan fingerprint density at radius 2 is 1.73 bits per heavy atom. The number of hydrogen-bond acceptors (Lipinski definition) is 3. The summed E-state index contributed by atoms with van der Waals surface area (Å²) < 4.78 is 0. The first-order valence-electron chi connectivity index (χ1n) is 3.58. The Kier molecular flexibility index (Phi) is 4.07. The van der Waals surface area contributed by atoms with E-state index in [1.807, 2.05) is 0 Å². The fourth-order valence-electron chi connectivity index (χ4n) is 0.865. The molecule has 4 N–H and O–H groups in total. The molecule has 0 unspecified atom stereocenters. The lowest BCUT2D eigenvalue weighted by Gasteiger charge is -2.23. The van der Waals surface area contributed by atoms with Crippen molar-refractivity contribution in [1.29, 1.82) is 0 Å². The van der Waals surface area contributed by atoms with Crippen LogP contribution in [0.1, 0.15) is 19.8 Å². The third kappa shape index (κ3) is 2.86. The SMILES string of the molecule is CC(CCO)(CCO)C(N)=O. The number of carbonyl (C=O) groups excluding carboxylic acids is 1. The summed E-state index contributed by atoms with van der Waals surface area (Å²) >= 11 is 0. The number of primary amides is 1. The van der Waals surface area contributed by atoms with Crippen LogP contribution in [0, 0.1) is 5.41 Å². The van der Waals surface area contributed by atoms with Gasteiger partial charge in [0.05, 0.1) is 5.41 Å². The highest BCUT2D eigenvalue weighted by Crippen LogP contribution is 2.24. The zero-order valence-electron chi connectivity index (χ0n) is 6.71. The highest BCUT2D eigenvalue weighted by molar-refractivity contribution is 5.80. The Balaban J connectivity index is 4.13. The Morgan fingerprint density at radius 3 is 1.91 bits per heavy atom. The summed E-state index contributed by atoms with van der Waals surface area (Å²) in [6.07, 6.45) is 0.617. The molecule has 1 amide bonds. The third-order valence-electron chi connectivity index (χ3n) is 1.92. The molecule has 0 aliphatic heterocycles. The lowest BCUT2D eigenvalue weighted by atomic mass is 9.83. The first-order chi connectivity index (χ1) is 5.06. The molecule has 0 aromatic carbocycles. The number of aliphatic hydroxyl groups excluding tert-OH is 2. The van der Waals surface area contributed by atoms with Gasteiger partial charge >= 0.3 is 0 Å². The highest BCUT2D eigenvalue weighted by atomic mass is 16.3. The Hall–Kier alpha value is -0.610. The summed E-state index contributed by atoms with van der Waals surface area (Å²) in [5, 5.41) is 17.2. The maximum Gasteiger partial charge on any atom is 0.223 e. The molecule has 0 aliphatic rings. The maximum absolute atomic E-state index is 10.8. The van der Waals surface area contributed by atoms with Crippen molar-refractivity contribution in [2.24, 2.45) is 11.1 Å². The molecule has 0 spiro atoms. The molecule has 0 rings (SSSR count). The second kappa shape index (κ2) is 4.31. The minimum Gasteiger partial charge on any atom is -0.396 e. The van der Waals surface area contributed by atoms with E-state index in [9.17, 15) is 4.79 Å². The van der Waals surface area contributed by atoms with Crippen LogP contribution < -0.4 is 5.73 Å². The van der Waals surface area contributed by atoms with E-state index in [0.717, 1.165) is 0 Å². The molecular formula is C7H15NO3. The standard InChI is InChI=1S/C7H15NO3/c1-7(2-4-9,3-5-10)6(8)11/h9-10H,2-5H2,1H3,(H2,8,11). The van der Waals surface area contributed by atoms with E-state index < -0.39 is 11.3 Å². The minimum absolute atomic E-state index is 0.0839. The van der Waals surface area contributed by atoms with Gasteiger partial charge in [0.1, 0.15) is 0 Å². The van der Waals surface area contributed by atoms with Crippen molar-refractivity contribution in [2.75, 3.05) is 13.2 Å². The summed E-state index contributed by atoms with van der Waals surface area (Å²) in [6, 6.07) is 0. The van der Waals surface area contributed by atoms with Gasteiger partial charge in [0.15, 0.2) is 0 Å². The van der Waals surface area contributed by atoms with E-state index in [2.05, 4.69) is 0 Å². The van der Waals surface area contributed by atoms with Gasteiger partial charge in [-0.25, -0.2) is 0 Å². The number of aliphatic hydroxyl groups is 2. The molecule has 0 bridgehead atoms. The molecule has 0 radical (unpaired) electrons. The zero-order valence-corrected chi connectivity index (χ0v) is 6.71. The van der Waals surface area contributed by atoms with Crippen LogP contribution in [0.3, 0.4) is 0 Å². The van der Waals surface area contributed by atoms with Gasteiger partial charge in [-0.1, -0.05) is 6.92 Å². The quantitative estimate of drug-likeness (QED) is 0.495. The van der Waals surface area contributed by atoms with Gasteiger partial charge in [-0.15, -0.1) is 0 Å². The summed E-state index contributed by atoms with van der Waals surface area (Å²) in [6.45, 7) is 1.47. The summed E-state index contributed by atoms with van der Waals surface area (Å²) in [7, 11) is 0. The van der Waals surface area contributed by atoms with Crippen LogP contribution in [0.15, 0.2) is 0 Å². The number of rotatable bonds is 5. The van der Waals surface area contributed by atoms with E-state index in [4.69, 9.17) is 15.9 Å². The molecule has 0 atom stereocenters. The first kappa shape index (κ1) is 10.4. The van der Waals surface area contributed by atoms with Crippen LogP contribution in [0.25, 0.3) is 0 Å². The van der Waals surface area contributed by atoms with Crippen molar-refractivity contribution in [2.45, 2.75) is 19.8 Å². The second-order valence-electron chi connectivity index (χ2n) is 2.87. The molecule has 0 fully saturated rings. The minimum atomic E-state index is -0.760. The highest BCUT2D eigenvalue weighted by Gasteiger charge is 2.29. The van der Waals surface area contributed by atoms with Crippen molar-refractivity contribution in [1.82, 2.24) is 0 Å². The van der Waals surface area contributed by atoms with E-state index in [0.29, 0.717) is 12.8 Å². The largest absolute Gasteiger partial charge is 0.396 e. The Morgan fingerprint density at radius 1 is 1.36 bits per heavy atom. The maximum atomic E-state index is 10.8. The monoisotopic (exact) mass is 161 g/mol. The molecule has 66 valence electrons. The van der Waals surface area contributed by atoms with E-state index in [1.54, 1.807) is 6.92 Å². The Labute approximate surface area is 66.0 Å². The first-order valence-corrected chi connectivity index (χ1v) is 3.58. The van der Waals surface area contributed by atoms with Gasteiger partial charge in [-0.3, -0.25) is 4.79 Å². The summed E-state index contributed by atoms with van der Waals surface area (Å²) in [5.41, 5.74) is 4.32. The summed E-state index contributed by atoms with van der Waals surface area (Å²) in [4.78, 5) is 10.8. The molecule has 0 aromatic rings. The van der Waals surface area contributed by atoms with Crippen molar-refractivity contribution in [3.8, 4) is 0 Å². The molecular weight excluding hydrogens is 146 g/mol. The van der Waals surface area contributed by atoms with Crippen LogP contribution in [0.4, 0.5) is 0 Å². The predicted molar refractivity (Wildman–Crippen MR) is 40.7 cm³/mol. The fraction of sp³-hybridized carbons (Fsp3) is 0.857. The van der Waals surface area contributed by atoms with E-state index >= 15 is 0 Å². The lowest BCUT2D eigenvalue weighted by molar-refractivity contribution is -0.128. The molecule has 0 aromatic heterocycles. The predicted octanol–water partition coefficient (Wildman–Crippen LogP) is -0.757. The summed E-state index contributed by atoms with van der Waals surface area (Å²) in [5.74, 6) is -0.472. The van der Waals surface area contributed by atoms with Crippen molar-refractivity contribution in [3.05, 3.63) is 0 Å². The topological polar surface area (TPSA) is 83.6 Å². The second-order valence-corrected chi connectivity index (χ2v) is 2.87. The smallest absolute Gasteiger partial charge is 0.223 e. The van der Waals surface area contributed by atoms with Crippen molar-refractivity contribution in [3.63, 3.8) is 0 Å². The normalized spacial score (nSPS) is 11.5. The lowest BCUT2D eigenvalue weighted by Crippen LogP contribution is -2.36. The molecule has 0 saturated heterocycles. The zero-order chi connectivity index (χ0) is 8.91. The number of hydrogen-bond donors (Lipinski definition) is 3. The van der Waals surface area contributed by atoms with Gasteiger partial charge in [0.2, 0.25) is 5.91 Å². The van der Waals surface area contributed by atoms with Crippen molar-refractivity contribution < 1.29 is 15.0 Å². The average Bonchev–Trinajstić information content (AvgIpc) is 1.88. The third-order valence-corrected chi connectivity index (χ3v) is 1.92. The molecule has 0 heterocycles. The van der Waals surface area contributed by atoms with E-state index in [-0.39, 0.29) is 13.2 Å². The number of carbonyl (C=O) groups is 1. The van der Waals surface area contributed by atoms with Gasteiger partial charge in [0, 0.05) is 13.2 Å². The molecule has 0 saturated carbocycles. The van der Waals surface area contributed by atoms with Crippen LogP contribution >= 0.6 is 0 Å². The number of nitrogens with two attached hydrogens (primary N) is 1. The molecule has 4 nitrogen and oxygen atoms in total. The number of amides is 1. The molecule has 0 aliphatic carbocycles. The van der Waals surface area contributed by atoms with E-state index in [1.165, 1.54) is 0 Å². The van der Waals surface area contributed by atoms with Gasteiger partial charge in [-0.2, -0.15) is 0 Å². The average molecular weight is 161 g/mol. The fourth-order valence-corrected chi connectivity index (χ4v) is 0.865. The van der Waals surface area contributed by atoms with Crippen molar-refractivity contribution >= 4 is 5.91 Å². The molecule has 4 heteroatoms. The molecule has 11 heavy (non-hydrogen) atoms. The van der Waals surface area contributed by atoms with Crippen LogP contribution in [0.2, 0.25) is 0 Å². The van der Waals surface area contributed by atoms with Gasteiger partial charge in [-0.05, 0) is 12.8 Å². The van der Waals surface area contributed by atoms with Crippen LogP contribution in [-0.4, -0.2) is 29.3 Å². The van der Waals surface area contributed by atoms with Crippen LogP contribution in [0.5, 0.6) is 0 Å². The Bertz CT molecular complexity index is 130.